The van der Waals surface area contributed by atoms with Gasteiger partial charge < -0.3 is 35.2 Å². The van der Waals surface area contributed by atoms with Gasteiger partial charge in [0.05, 0.1) is 27.8 Å². The number of hydrogen-bond acceptors (Lipinski definition) is 9. The molecule has 2 atom stereocenters. The quantitative estimate of drug-likeness (QED) is 0.196. The van der Waals surface area contributed by atoms with E-state index in [-0.39, 0.29) is 23.5 Å². The van der Waals surface area contributed by atoms with E-state index < -0.39 is 35.1 Å². The molecule has 1 amide bonds. The molecule has 0 radical (unpaired) electrons. The van der Waals surface area contributed by atoms with Gasteiger partial charge in [-0.3, -0.25) is 4.79 Å². The Hall–Kier alpha value is -2.13. The molecule has 1 aromatic heterocycles. The van der Waals surface area contributed by atoms with Crippen molar-refractivity contribution in [2.24, 2.45) is 0 Å². The van der Waals surface area contributed by atoms with Crippen LogP contribution in [0.2, 0.25) is 0 Å². The van der Waals surface area contributed by atoms with Crippen LogP contribution in [0.5, 0.6) is 0 Å². The molecule has 2 aliphatic heterocycles. The van der Waals surface area contributed by atoms with E-state index in [1.807, 2.05) is 61.7 Å². The largest absolute Gasteiger partial charge is 0.460 e. The van der Waals surface area contributed by atoms with Crippen LogP contribution in [0.15, 0.2) is 10.5 Å². The van der Waals surface area contributed by atoms with Gasteiger partial charge >= 0.3 is 12.1 Å². The molecule has 0 spiro atoms. The Kier molecular flexibility index (Phi) is 9.93. The molecular formula is C31H45BrFIN6O4. The summed E-state index contributed by atoms with van der Waals surface area (Å²) in [4.78, 5) is 36.7. The molecule has 4 rings (SSSR count). The van der Waals surface area contributed by atoms with Crippen molar-refractivity contribution in [3.8, 4) is 0 Å². The first kappa shape index (κ1) is 34.7. The van der Waals surface area contributed by atoms with Crippen LogP contribution < -0.4 is 16.0 Å². The number of piperidine rings is 1. The Bertz CT molecular complexity index is 1440. The molecule has 1 aromatic carbocycles. The van der Waals surface area contributed by atoms with Crippen LogP contribution in [0.4, 0.5) is 26.4 Å². The summed E-state index contributed by atoms with van der Waals surface area (Å²) in [5.41, 5.74) is 6.70. The van der Waals surface area contributed by atoms with Crippen molar-refractivity contribution in [1.82, 2.24) is 14.8 Å². The van der Waals surface area contributed by atoms with Gasteiger partial charge in [-0.2, -0.15) is 0 Å². The molecule has 2 aromatic rings. The number of carbonyl (C=O) groups excluding carboxylic acids is 2. The minimum atomic E-state index is -0.682. The fourth-order valence-electron chi connectivity index (χ4n) is 5.63. The highest BCUT2D eigenvalue weighted by atomic mass is 127. The zero-order chi connectivity index (χ0) is 32.9. The van der Waals surface area contributed by atoms with Gasteiger partial charge in [-0.25, -0.2) is 14.2 Å². The number of nitrogens with one attached hydrogen (secondary N) is 1. The minimum Gasteiger partial charge on any atom is -0.460 e. The highest BCUT2D eigenvalue weighted by Crippen LogP contribution is 2.43. The van der Waals surface area contributed by atoms with Crippen molar-refractivity contribution < 1.29 is 23.5 Å². The van der Waals surface area contributed by atoms with Gasteiger partial charge in [0.25, 0.3) is 0 Å². The number of hydrogen-bond donors (Lipinski definition) is 2. The molecule has 0 unspecified atom stereocenters. The van der Waals surface area contributed by atoms with E-state index in [9.17, 15) is 9.59 Å². The van der Waals surface area contributed by atoms with Crippen LogP contribution in [0.25, 0.3) is 10.9 Å². The number of halogens is 3. The standard InChI is InChI=1S/C31H45BrFIN6O4/c1-29(2,3)43-21(41)13-18-12-17(10-11-40(18)28(42)44-30(4,5)6)36-26-19-14-20(34)22(32)23(33)25(19)37-27(24(26)35)39-15-31(7,16-39)38(8)9/h14,17-18H,10-13,15-16,35H2,1-9H3,(H,36,37)/t17-,18+/m1/s1. The summed E-state index contributed by atoms with van der Waals surface area (Å²) in [6, 6.07) is 1.23. The molecule has 3 heterocycles. The van der Waals surface area contributed by atoms with Crippen molar-refractivity contribution in [3.05, 3.63) is 19.9 Å². The molecule has 0 bridgehead atoms. The lowest BCUT2D eigenvalue weighted by Gasteiger charge is -2.52. The fourth-order valence-corrected chi connectivity index (χ4v) is 6.48. The van der Waals surface area contributed by atoms with Gasteiger partial charge in [-0.05, 0) is 120 Å². The van der Waals surface area contributed by atoms with Crippen LogP contribution in [-0.4, -0.2) is 89.4 Å². The van der Waals surface area contributed by atoms with Gasteiger partial charge in [-0.1, -0.05) is 0 Å². The molecule has 0 saturated carbocycles. The molecule has 0 aliphatic carbocycles. The topological polar surface area (TPSA) is 113 Å². The van der Waals surface area contributed by atoms with Gasteiger partial charge in [-0.15, -0.1) is 0 Å². The summed E-state index contributed by atoms with van der Waals surface area (Å²) in [6.45, 7) is 14.8. The van der Waals surface area contributed by atoms with Crippen molar-refractivity contribution in [2.75, 3.05) is 49.7 Å². The SMILES string of the molecule is CN(C)C1(C)CN(c2nc3c(F)c(Br)c(I)cc3c(N[C@@H]3CCN(C(=O)OC(C)(C)C)[C@H](CC(=O)OC(C)(C)C)C3)c2N)C1. The van der Waals surface area contributed by atoms with E-state index in [1.165, 1.54) is 0 Å². The molecule has 2 aliphatic rings. The van der Waals surface area contributed by atoms with E-state index in [4.69, 9.17) is 20.2 Å². The van der Waals surface area contributed by atoms with E-state index in [2.05, 4.69) is 60.6 Å². The number of benzene rings is 1. The van der Waals surface area contributed by atoms with Crippen LogP contribution in [0.3, 0.4) is 0 Å². The predicted molar refractivity (Wildman–Crippen MR) is 185 cm³/mol. The van der Waals surface area contributed by atoms with Crippen LogP contribution in [0.1, 0.15) is 67.7 Å². The van der Waals surface area contributed by atoms with Gasteiger partial charge in [0.2, 0.25) is 0 Å². The maximum Gasteiger partial charge on any atom is 0.410 e. The van der Waals surface area contributed by atoms with Crippen LogP contribution in [-0.2, 0) is 14.3 Å². The number of anilines is 3. The smallest absolute Gasteiger partial charge is 0.410 e. The maximum absolute atomic E-state index is 15.7. The lowest BCUT2D eigenvalue weighted by Crippen LogP contribution is -2.67. The second-order valence-electron chi connectivity index (χ2n) is 14.3. The third-order valence-corrected chi connectivity index (χ3v) is 10.5. The summed E-state index contributed by atoms with van der Waals surface area (Å²) < 4.78 is 28.0. The van der Waals surface area contributed by atoms with E-state index >= 15 is 4.39 Å². The van der Waals surface area contributed by atoms with Gasteiger partial charge in [0.15, 0.2) is 11.6 Å². The first-order chi connectivity index (χ1) is 20.2. The monoisotopic (exact) mass is 790 g/mol. The molecule has 244 valence electrons. The maximum atomic E-state index is 15.7. The Morgan fingerprint density at radius 1 is 1.20 bits per heavy atom. The molecule has 3 N–H and O–H groups in total. The molecule has 2 fully saturated rings. The summed E-state index contributed by atoms with van der Waals surface area (Å²) in [5.74, 6) is -0.312. The van der Waals surface area contributed by atoms with Gasteiger partial charge in [0.1, 0.15) is 16.7 Å². The number of likely N-dealkylation sites (tertiary alicyclic amines) is 1. The lowest BCUT2D eigenvalue weighted by molar-refractivity contribution is -0.156. The van der Waals surface area contributed by atoms with Crippen molar-refractivity contribution in [2.45, 2.75) is 96.6 Å². The Labute approximate surface area is 281 Å². The lowest BCUT2D eigenvalue weighted by atomic mass is 9.90. The third kappa shape index (κ3) is 7.63. The third-order valence-electron chi connectivity index (χ3n) is 8.09. The van der Waals surface area contributed by atoms with Crippen molar-refractivity contribution in [3.63, 3.8) is 0 Å². The fraction of sp³-hybridized carbons (Fsp3) is 0.645. The number of ether oxygens (including phenoxy) is 2. The van der Waals surface area contributed by atoms with Crippen LogP contribution >= 0.6 is 38.5 Å². The first-order valence-electron chi connectivity index (χ1n) is 14.9. The number of aromatic nitrogens is 1. The summed E-state index contributed by atoms with van der Waals surface area (Å²) in [7, 11) is 4.08. The number of fused-ring (bicyclic) bond motifs is 1. The highest BCUT2D eigenvalue weighted by Gasteiger charge is 2.43. The molecule has 2 saturated heterocycles. The number of nitrogens with zero attached hydrogens (tertiary/aromatic N) is 4. The molecule has 10 nitrogen and oxygen atoms in total. The second kappa shape index (κ2) is 12.6. The number of pyridine rings is 1. The average molecular weight is 792 g/mol. The number of rotatable bonds is 6. The van der Waals surface area contributed by atoms with E-state index in [0.29, 0.717) is 63.1 Å². The van der Waals surface area contributed by atoms with E-state index in [1.54, 1.807) is 4.90 Å². The number of nitrogen functional groups attached to an aromatic ring is 1. The predicted octanol–water partition coefficient (Wildman–Crippen LogP) is 6.38. The minimum absolute atomic E-state index is 0.0168. The molecule has 13 heteroatoms. The average Bonchev–Trinajstić information content (AvgIpc) is 2.85. The van der Waals surface area contributed by atoms with Crippen molar-refractivity contribution >= 4 is 78.7 Å². The second-order valence-corrected chi connectivity index (χ2v) is 16.3. The normalized spacial score (nSPS) is 20.5. The Morgan fingerprint density at radius 2 is 1.82 bits per heavy atom. The number of nitrogens with two attached hydrogens (primary N) is 1. The molecule has 44 heavy (non-hydrogen) atoms. The zero-order valence-electron chi connectivity index (χ0n) is 27.1. The Morgan fingerprint density at radius 3 is 2.39 bits per heavy atom. The van der Waals surface area contributed by atoms with E-state index in [0.717, 1.165) is 0 Å². The number of likely N-dealkylation sites (N-methyl/N-ethyl adjacent to an activating group) is 1. The number of esters is 1. The Balaban J connectivity index is 1.69. The number of carbonyl (C=O) groups is 2. The summed E-state index contributed by atoms with van der Waals surface area (Å²) in [6.07, 6.45) is 0.559. The van der Waals surface area contributed by atoms with Gasteiger partial charge in [0, 0.05) is 40.7 Å². The zero-order valence-corrected chi connectivity index (χ0v) is 30.9. The number of amides is 1. The molecular weight excluding hydrogens is 746 g/mol. The van der Waals surface area contributed by atoms with Crippen LogP contribution in [0, 0.1) is 9.39 Å². The summed E-state index contributed by atoms with van der Waals surface area (Å²) >= 11 is 5.46. The van der Waals surface area contributed by atoms with Crippen molar-refractivity contribution in [1.29, 1.82) is 0 Å². The summed E-state index contributed by atoms with van der Waals surface area (Å²) in [5, 5.41) is 4.17. The first-order valence-corrected chi connectivity index (χ1v) is 16.7. The highest BCUT2D eigenvalue weighted by molar-refractivity contribution is 14.1.